The van der Waals surface area contributed by atoms with Crippen molar-refractivity contribution in [1.29, 1.82) is 0 Å². The standard InChI is InChI=1S/C17H17N5OS/c1-22(2)17(23)14-4-3-5-16(21-14)19-9-12-6-7-13(18-8-12)15-10-24-11-20-15/h3-8,10-11H,9H2,1-2H3,(H,19,21). The van der Waals surface area contributed by atoms with Gasteiger partial charge in [-0.15, -0.1) is 11.3 Å². The van der Waals surface area contributed by atoms with E-state index in [4.69, 9.17) is 0 Å². The summed E-state index contributed by atoms with van der Waals surface area (Å²) in [6.45, 7) is 0.580. The van der Waals surface area contributed by atoms with Crippen LogP contribution in [0.1, 0.15) is 16.1 Å². The van der Waals surface area contributed by atoms with E-state index in [9.17, 15) is 4.79 Å². The molecule has 0 fully saturated rings. The normalized spacial score (nSPS) is 10.4. The second kappa shape index (κ2) is 7.18. The summed E-state index contributed by atoms with van der Waals surface area (Å²) in [6, 6.07) is 9.31. The number of hydrogen-bond donors (Lipinski definition) is 1. The van der Waals surface area contributed by atoms with E-state index in [1.807, 2.05) is 35.8 Å². The number of aromatic nitrogens is 3. The van der Waals surface area contributed by atoms with Crippen LogP contribution in [0.15, 0.2) is 47.4 Å². The van der Waals surface area contributed by atoms with Gasteiger partial charge in [-0.1, -0.05) is 12.1 Å². The monoisotopic (exact) mass is 339 g/mol. The minimum Gasteiger partial charge on any atom is -0.366 e. The number of thiazole rings is 1. The SMILES string of the molecule is CN(C)C(=O)c1cccc(NCc2ccc(-c3cscn3)nc2)n1. The van der Waals surface area contributed by atoms with Crippen LogP contribution in [0, 0.1) is 0 Å². The number of nitrogens with one attached hydrogen (secondary N) is 1. The van der Waals surface area contributed by atoms with Gasteiger partial charge in [-0.05, 0) is 23.8 Å². The fraction of sp³-hybridized carbons (Fsp3) is 0.176. The Morgan fingerprint density at radius 2 is 2.04 bits per heavy atom. The van der Waals surface area contributed by atoms with E-state index < -0.39 is 0 Å². The van der Waals surface area contributed by atoms with Gasteiger partial charge in [-0.25, -0.2) is 9.97 Å². The Kier molecular flexibility index (Phi) is 4.81. The van der Waals surface area contributed by atoms with Crippen LogP contribution in [0.5, 0.6) is 0 Å². The van der Waals surface area contributed by atoms with E-state index in [2.05, 4.69) is 20.3 Å². The number of carbonyl (C=O) groups excluding carboxylic acids is 1. The molecular weight excluding hydrogens is 322 g/mol. The number of anilines is 1. The third-order valence-electron chi connectivity index (χ3n) is 3.37. The molecule has 0 saturated carbocycles. The predicted octanol–water partition coefficient (Wildman–Crippen LogP) is 2.91. The molecule has 0 saturated heterocycles. The summed E-state index contributed by atoms with van der Waals surface area (Å²) in [5.74, 6) is 0.541. The fourth-order valence-electron chi connectivity index (χ4n) is 2.09. The molecule has 3 rings (SSSR count). The van der Waals surface area contributed by atoms with E-state index in [1.165, 1.54) is 4.90 Å². The summed E-state index contributed by atoms with van der Waals surface area (Å²) in [4.78, 5) is 26.5. The minimum atomic E-state index is -0.118. The number of nitrogens with zero attached hydrogens (tertiary/aromatic N) is 4. The average molecular weight is 339 g/mol. The Bertz CT molecular complexity index is 815. The van der Waals surface area contributed by atoms with Crippen molar-refractivity contribution in [2.24, 2.45) is 0 Å². The first-order valence-electron chi connectivity index (χ1n) is 7.39. The van der Waals surface area contributed by atoms with Gasteiger partial charge in [-0.3, -0.25) is 9.78 Å². The molecule has 6 nitrogen and oxygen atoms in total. The molecule has 7 heteroatoms. The first-order chi connectivity index (χ1) is 11.6. The zero-order valence-corrected chi connectivity index (χ0v) is 14.2. The highest BCUT2D eigenvalue weighted by molar-refractivity contribution is 7.07. The maximum absolute atomic E-state index is 11.9. The molecule has 3 heterocycles. The van der Waals surface area contributed by atoms with Crippen LogP contribution in [0.2, 0.25) is 0 Å². The van der Waals surface area contributed by atoms with E-state index in [0.717, 1.165) is 17.0 Å². The fourth-order valence-corrected chi connectivity index (χ4v) is 2.64. The molecule has 0 bridgehead atoms. The van der Waals surface area contributed by atoms with Crippen molar-refractivity contribution in [3.63, 3.8) is 0 Å². The highest BCUT2D eigenvalue weighted by atomic mass is 32.1. The third-order valence-corrected chi connectivity index (χ3v) is 3.95. The smallest absolute Gasteiger partial charge is 0.272 e. The Morgan fingerprint density at radius 3 is 2.71 bits per heavy atom. The molecular formula is C17H17N5OS. The second-order valence-electron chi connectivity index (χ2n) is 5.39. The summed E-state index contributed by atoms with van der Waals surface area (Å²) < 4.78 is 0. The van der Waals surface area contributed by atoms with Gasteiger partial charge in [0.05, 0.1) is 16.9 Å². The minimum absolute atomic E-state index is 0.118. The summed E-state index contributed by atoms with van der Waals surface area (Å²) in [5.41, 5.74) is 4.98. The van der Waals surface area contributed by atoms with E-state index in [-0.39, 0.29) is 5.91 Å². The lowest BCUT2D eigenvalue weighted by atomic mass is 10.2. The molecule has 0 atom stereocenters. The highest BCUT2D eigenvalue weighted by Gasteiger charge is 2.09. The summed E-state index contributed by atoms with van der Waals surface area (Å²) >= 11 is 1.55. The van der Waals surface area contributed by atoms with Crippen LogP contribution >= 0.6 is 11.3 Å². The number of amides is 1. The Morgan fingerprint density at radius 1 is 1.17 bits per heavy atom. The lowest BCUT2D eigenvalue weighted by Gasteiger charge is -2.11. The number of hydrogen-bond acceptors (Lipinski definition) is 6. The second-order valence-corrected chi connectivity index (χ2v) is 6.11. The molecule has 3 aromatic rings. The van der Waals surface area contributed by atoms with Crippen molar-refractivity contribution in [3.05, 3.63) is 58.7 Å². The van der Waals surface area contributed by atoms with Crippen LogP contribution in [-0.4, -0.2) is 39.9 Å². The molecule has 24 heavy (non-hydrogen) atoms. The quantitative estimate of drug-likeness (QED) is 0.774. The van der Waals surface area contributed by atoms with Crippen LogP contribution in [0.25, 0.3) is 11.4 Å². The van der Waals surface area contributed by atoms with Gasteiger partial charge in [0.25, 0.3) is 5.91 Å². The lowest BCUT2D eigenvalue weighted by molar-refractivity contribution is 0.0822. The number of rotatable bonds is 5. The zero-order valence-electron chi connectivity index (χ0n) is 13.4. The van der Waals surface area contributed by atoms with Crippen LogP contribution in [-0.2, 0) is 6.54 Å². The van der Waals surface area contributed by atoms with Crippen molar-refractivity contribution >= 4 is 23.1 Å². The van der Waals surface area contributed by atoms with Crippen LogP contribution in [0.4, 0.5) is 5.82 Å². The maximum Gasteiger partial charge on any atom is 0.272 e. The third kappa shape index (κ3) is 3.75. The molecule has 0 aliphatic carbocycles. The van der Waals surface area contributed by atoms with Gasteiger partial charge in [-0.2, -0.15) is 0 Å². The molecule has 122 valence electrons. The first kappa shape index (κ1) is 16.1. The van der Waals surface area contributed by atoms with Crippen molar-refractivity contribution in [2.45, 2.75) is 6.54 Å². The van der Waals surface area contributed by atoms with Crippen molar-refractivity contribution in [1.82, 2.24) is 19.9 Å². The van der Waals surface area contributed by atoms with E-state index in [1.54, 1.807) is 37.0 Å². The maximum atomic E-state index is 11.9. The summed E-state index contributed by atoms with van der Waals surface area (Å²) in [6.07, 6.45) is 1.82. The molecule has 0 spiro atoms. The highest BCUT2D eigenvalue weighted by Crippen LogP contribution is 2.17. The average Bonchev–Trinajstić information content (AvgIpc) is 3.14. The largest absolute Gasteiger partial charge is 0.366 e. The molecule has 1 N–H and O–H groups in total. The molecule has 0 aliphatic rings. The van der Waals surface area contributed by atoms with Gasteiger partial charge in [0.2, 0.25) is 0 Å². The molecule has 3 aromatic heterocycles. The van der Waals surface area contributed by atoms with Gasteiger partial charge in [0.15, 0.2) is 0 Å². The number of pyridine rings is 2. The van der Waals surface area contributed by atoms with E-state index in [0.29, 0.717) is 18.1 Å². The van der Waals surface area contributed by atoms with Crippen LogP contribution in [0.3, 0.4) is 0 Å². The van der Waals surface area contributed by atoms with Gasteiger partial charge in [0.1, 0.15) is 11.5 Å². The Hall–Kier alpha value is -2.80. The zero-order chi connectivity index (χ0) is 16.9. The number of carbonyl (C=O) groups is 1. The molecule has 0 aliphatic heterocycles. The van der Waals surface area contributed by atoms with Crippen LogP contribution < -0.4 is 5.32 Å². The van der Waals surface area contributed by atoms with Crippen molar-refractivity contribution < 1.29 is 4.79 Å². The van der Waals surface area contributed by atoms with Gasteiger partial charge in [0, 0.05) is 32.2 Å². The van der Waals surface area contributed by atoms with Crippen molar-refractivity contribution in [2.75, 3.05) is 19.4 Å². The Labute approximate surface area is 144 Å². The molecule has 0 aromatic carbocycles. The lowest BCUT2D eigenvalue weighted by Crippen LogP contribution is -2.23. The van der Waals surface area contributed by atoms with Crippen molar-refractivity contribution in [3.8, 4) is 11.4 Å². The predicted molar refractivity (Wildman–Crippen MR) is 94.9 cm³/mol. The Balaban J connectivity index is 1.65. The summed E-state index contributed by atoms with van der Waals surface area (Å²) in [5, 5.41) is 5.18. The summed E-state index contributed by atoms with van der Waals surface area (Å²) in [7, 11) is 3.42. The topological polar surface area (TPSA) is 71.0 Å². The molecule has 0 unspecified atom stereocenters. The molecule has 1 amide bonds. The van der Waals surface area contributed by atoms with Gasteiger partial charge < -0.3 is 10.2 Å². The first-order valence-corrected chi connectivity index (χ1v) is 8.34. The molecule has 0 radical (unpaired) electrons. The van der Waals surface area contributed by atoms with E-state index >= 15 is 0 Å². The van der Waals surface area contributed by atoms with Gasteiger partial charge >= 0.3 is 0 Å².